The number of aliphatic imine (C=N–C) groups is 1. The number of guanidine groups is 1. The molecule has 160 valence electrons. The molecule has 0 amide bonds. The Hall–Kier alpha value is -2.57. The summed E-state index contributed by atoms with van der Waals surface area (Å²) in [5.41, 5.74) is 1.18. The van der Waals surface area contributed by atoms with E-state index in [1.807, 2.05) is 12.1 Å². The molecule has 1 aromatic carbocycles. The number of aromatic nitrogens is 2. The molecule has 1 unspecified atom stereocenters. The van der Waals surface area contributed by atoms with Crippen molar-refractivity contribution in [2.45, 2.75) is 59.4 Å². The van der Waals surface area contributed by atoms with Crippen LogP contribution in [-0.2, 0) is 6.42 Å². The molecule has 1 heterocycles. The van der Waals surface area contributed by atoms with Crippen LogP contribution in [0.25, 0.3) is 0 Å². The van der Waals surface area contributed by atoms with Gasteiger partial charge in [-0.1, -0.05) is 45.0 Å². The fourth-order valence-corrected chi connectivity index (χ4v) is 2.65. The first kappa shape index (κ1) is 22.7. The Bertz CT molecular complexity index is 753. The van der Waals surface area contributed by atoms with Crippen LogP contribution < -0.4 is 15.4 Å². The first-order valence-corrected chi connectivity index (χ1v) is 10.4. The van der Waals surface area contributed by atoms with Crippen LogP contribution in [0.15, 0.2) is 33.8 Å². The highest BCUT2D eigenvalue weighted by atomic mass is 16.5. The highest BCUT2D eigenvalue weighted by Crippen LogP contribution is 2.18. The number of benzene rings is 1. The van der Waals surface area contributed by atoms with Crippen LogP contribution in [0.1, 0.15) is 70.3 Å². The highest BCUT2D eigenvalue weighted by Gasteiger charge is 2.10. The number of nitrogens with one attached hydrogen (secondary N) is 2. The van der Waals surface area contributed by atoms with Gasteiger partial charge in [0.2, 0.25) is 5.89 Å². The molecule has 2 aromatic rings. The zero-order valence-corrected chi connectivity index (χ0v) is 18.5. The van der Waals surface area contributed by atoms with E-state index in [-0.39, 0.29) is 12.0 Å². The maximum absolute atomic E-state index is 5.75. The number of rotatable bonds is 10. The van der Waals surface area contributed by atoms with Crippen molar-refractivity contribution >= 4 is 5.96 Å². The fourth-order valence-electron chi connectivity index (χ4n) is 2.65. The van der Waals surface area contributed by atoms with Gasteiger partial charge in [-0.2, -0.15) is 4.98 Å². The molecule has 0 aliphatic carbocycles. The van der Waals surface area contributed by atoms with Crippen LogP contribution in [0.3, 0.4) is 0 Å². The largest absolute Gasteiger partial charge is 0.493 e. The zero-order valence-electron chi connectivity index (χ0n) is 18.5. The number of nitrogens with zero attached hydrogens (tertiary/aromatic N) is 3. The molecule has 0 aliphatic heterocycles. The first-order chi connectivity index (χ1) is 13.9. The molecule has 0 saturated heterocycles. The Morgan fingerprint density at radius 3 is 2.45 bits per heavy atom. The van der Waals surface area contributed by atoms with E-state index in [4.69, 9.17) is 9.26 Å². The number of ether oxygens (including phenoxy) is 1. The molecule has 2 N–H and O–H groups in total. The van der Waals surface area contributed by atoms with Crippen LogP contribution in [0.2, 0.25) is 0 Å². The average Bonchev–Trinajstić information content (AvgIpc) is 3.18. The van der Waals surface area contributed by atoms with Crippen molar-refractivity contribution in [3.05, 3.63) is 41.5 Å². The van der Waals surface area contributed by atoms with Gasteiger partial charge in [-0.15, -0.1) is 0 Å². The van der Waals surface area contributed by atoms with Crippen LogP contribution >= 0.6 is 0 Å². The average molecular weight is 402 g/mol. The smallest absolute Gasteiger partial charge is 0.226 e. The van der Waals surface area contributed by atoms with E-state index >= 15 is 0 Å². The standard InChI is InChI=1S/C22H35N5O2/c1-15(2)14-28-19-11-9-18(10-12-19)17(5)25-22(23-6)24-13-7-8-20-26-21(16(3)4)27-29-20/h9-12,15-17H,7-8,13-14H2,1-6H3,(H2,23,24,25). The molecule has 7 heteroatoms. The molecule has 7 nitrogen and oxygen atoms in total. The molecule has 0 fully saturated rings. The van der Waals surface area contributed by atoms with Crippen molar-refractivity contribution < 1.29 is 9.26 Å². The van der Waals surface area contributed by atoms with E-state index in [1.54, 1.807) is 7.05 Å². The SMILES string of the molecule is CN=C(NCCCc1nc(C(C)C)no1)NC(C)c1ccc(OCC(C)C)cc1. The van der Waals surface area contributed by atoms with Gasteiger partial charge in [-0.3, -0.25) is 4.99 Å². The molecule has 0 radical (unpaired) electrons. The first-order valence-electron chi connectivity index (χ1n) is 10.4. The van der Waals surface area contributed by atoms with Crippen LogP contribution in [-0.4, -0.2) is 36.3 Å². The minimum atomic E-state index is 0.130. The lowest BCUT2D eigenvalue weighted by Gasteiger charge is -2.18. The third-order valence-corrected chi connectivity index (χ3v) is 4.40. The van der Waals surface area contributed by atoms with Gasteiger partial charge in [-0.05, 0) is 37.0 Å². The second-order valence-corrected chi connectivity index (χ2v) is 7.94. The fraction of sp³-hybridized carbons (Fsp3) is 0.591. The summed E-state index contributed by atoms with van der Waals surface area (Å²) in [6, 6.07) is 8.33. The molecule has 1 atom stereocenters. The van der Waals surface area contributed by atoms with Crippen LogP contribution in [0.4, 0.5) is 0 Å². The van der Waals surface area contributed by atoms with E-state index < -0.39 is 0 Å². The number of hydrogen-bond donors (Lipinski definition) is 2. The summed E-state index contributed by atoms with van der Waals surface area (Å²) in [6.45, 7) is 12.0. The molecule has 1 aromatic heterocycles. The summed E-state index contributed by atoms with van der Waals surface area (Å²) in [6.07, 6.45) is 1.63. The summed E-state index contributed by atoms with van der Waals surface area (Å²) in [5, 5.41) is 10.7. The molecule has 0 saturated carbocycles. The van der Waals surface area contributed by atoms with Crippen molar-refractivity contribution in [1.29, 1.82) is 0 Å². The number of hydrogen-bond acceptors (Lipinski definition) is 5. The van der Waals surface area contributed by atoms with Gasteiger partial charge in [-0.25, -0.2) is 0 Å². The highest BCUT2D eigenvalue weighted by molar-refractivity contribution is 5.80. The van der Waals surface area contributed by atoms with Gasteiger partial charge in [0.15, 0.2) is 11.8 Å². The Labute approximate surface area is 174 Å². The Kier molecular flexibility index (Phi) is 8.96. The predicted molar refractivity (Wildman–Crippen MR) is 116 cm³/mol. The molecule has 0 aliphatic rings. The van der Waals surface area contributed by atoms with Crippen LogP contribution in [0.5, 0.6) is 5.75 Å². The summed E-state index contributed by atoms with van der Waals surface area (Å²) < 4.78 is 11.0. The Balaban J connectivity index is 1.75. The lowest BCUT2D eigenvalue weighted by atomic mass is 10.1. The van der Waals surface area contributed by atoms with E-state index in [1.165, 1.54) is 5.56 Å². The van der Waals surface area contributed by atoms with E-state index in [2.05, 4.69) is 72.5 Å². The maximum atomic E-state index is 5.75. The van der Waals surface area contributed by atoms with Gasteiger partial charge in [0.05, 0.1) is 12.6 Å². The molecule has 2 rings (SSSR count). The van der Waals surface area contributed by atoms with Gasteiger partial charge < -0.3 is 19.9 Å². The molecular weight excluding hydrogens is 366 g/mol. The van der Waals surface area contributed by atoms with Gasteiger partial charge in [0, 0.05) is 25.9 Å². The topological polar surface area (TPSA) is 84.6 Å². The predicted octanol–water partition coefficient (Wildman–Crippen LogP) is 4.09. The van der Waals surface area contributed by atoms with E-state index in [9.17, 15) is 0 Å². The third-order valence-electron chi connectivity index (χ3n) is 4.40. The molecule has 0 spiro atoms. The Morgan fingerprint density at radius 1 is 1.14 bits per heavy atom. The minimum Gasteiger partial charge on any atom is -0.493 e. The zero-order chi connectivity index (χ0) is 21.2. The summed E-state index contributed by atoms with van der Waals surface area (Å²) in [5.74, 6) is 3.92. The lowest BCUT2D eigenvalue weighted by Crippen LogP contribution is -2.39. The summed E-state index contributed by atoms with van der Waals surface area (Å²) >= 11 is 0. The van der Waals surface area contributed by atoms with E-state index in [0.29, 0.717) is 11.8 Å². The van der Waals surface area contributed by atoms with Crippen molar-refractivity contribution in [1.82, 2.24) is 20.8 Å². The normalized spacial score (nSPS) is 13.0. The van der Waals surface area contributed by atoms with Crippen LogP contribution in [0, 0.1) is 5.92 Å². The van der Waals surface area contributed by atoms with Crippen molar-refractivity contribution in [2.75, 3.05) is 20.2 Å². The van der Waals surface area contributed by atoms with Gasteiger partial charge in [0.1, 0.15) is 5.75 Å². The van der Waals surface area contributed by atoms with Crippen molar-refractivity contribution in [2.24, 2.45) is 10.9 Å². The molecule has 29 heavy (non-hydrogen) atoms. The summed E-state index contributed by atoms with van der Waals surface area (Å²) in [4.78, 5) is 8.71. The second kappa shape index (κ2) is 11.4. The van der Waals surface area contributed by atoms with Gasteiger partial charge >= 0.3 is 0 Å². The number of aryl methyl sites for hydroxylation is 1. The monoisotopic (exact) mass is 401 g/mol. The Morgan fingerprint density at radius 2 is 1.86 bits per heavy atom. The van der Waals surface area contributed by atoms with Gasteiger partial charge in [0.25, 0.3) is 0 Å². The van der Waals surface area contributed by atoms with Crippen molar-refractivity contribution in [3.63, 3.8) is 0 Å². The summed E-state index contributed by atoms with van der Waals surface area (Å²) in [7, 11) is 1.78. The van der Waals surface area contributed by atoms with Crippen molar-refractivity contribution in [3.8, 4) is 5.75 Å². The second-order valence-electron chi connectivity index (χ2n) is 7.94. The molecule has 0 bridgehead atoms. The quantitative estimate of drug-likeness (QED) is 0.354. The molecular formula is C22H35N5O2. The minimum absolute atomic E-state index is 0.130. The maximum Gasteiger partial charge on any atom is 0.226 e. The lowest BCUT2D eigenvalue weighted by molar-refractivity contribution is 0.271. The van der Waals surface area contributed by atoms with E-state index in [0.717, 1.165) is 43.5 Å². The third kappa shape index (κ3) is 7.75.